The molecule has 2 atom stereocenters. The highest BCUT2D eigenvalue weighted by molar-refractivity contribution is 9.10. The minimum atomic E-state index is -0.627. The van der Waals surface area contributed by atoms with Gasteiger partial charge in [-0.25, -0.2) is 0 Å². The molecule has 2 unspecified atom stereocenters. The van der Waals surface area contributed by atoms with Gasteiger partial charge >= 0.3 is 0 Å². The number of aliphatic imine (C=N–C) groups is 1. The van der Waals surface area contributed by atoms with Crippen molar-refractivity contribution in [3.8, 4) is 5.75 Å². The van der Waals surface area contributed by atoms with E-state index in [1.165, 1.54) is 0 Å². The van der Waals surface area contributed by atoms with Crippen LogP contribution in [-0.4, -0.2) is 37.1 Å². The van der Waals surface area contributed by atoms with Crippen molar-refractivity contribution in [2.24, 2.45) is 16.5 Å². The molecule has 136 valence electrons. The van der Waals surface area contributed by atoms with Crippen LogP contribution in [0, 0.1) is 6.92 Å². The quantitative estimate of drug-likeness (QED) is 0.275. The molecular formula is C16H20BrClN4O3. The number of methoxy groups -OCH3 is 1. The number of nitrogens with one attached hydrogen (secondary N) is 1. The number of halogens is 2. The van der Waals surface area contributed by atoms with Crippen LogP contribution in [0.4, 0.5) is 0 Å². The minimum Gasteiger partial charge on any atom is -0.495 e. The lowest BCUT2D eigenvalue weighted by atomic mass is 10.1. The Balaban J connectivity index is 2.09. The van der Waals surface area contributed by atoms with Gasteiger partial charge in [-0.15, -0.1) is 11.6 Å². The van der Waals surface area contributed by atoms with Crippen molar-refractivity contribution < 1.29 is 14.3 Å². The number of carbonyl (C=O) groups excluding carboxylic acids is 1. The summed E-state index contributed by atoms with van der Waals surface area (Å²) in [4.78, 5) is 16.0. The number of guanidine groups is 1. The van der Waals surface area contributed by atoms with Crippen LogP contribution in [0.15, 0.2) is 27.4 Å². The first-order chi connectivity index (χ1) is 11.8. The van der Waals surface area contributed by atoms with E-state index in [0.29, 0.717) is 13.0 Å². The Hall–Kier alpha value is -1.93. The molecule has 1 aliphatic rings. The largest absolute Gasteiger partial charge is 0.495 e. The highest BCUT2D eigenvalue weighted by atomic mass is 79.9. The van der Waals surface area contributed by atoms with Gasteiger partial charge in [-0.1, -0.05) is 0 Å². The van der Waals surface area contributed by atoms with Gasteiger partial charge in [0.15, 0.2) is 17.9 Å². The molecule has 0 radical (unpaired) electrons. The first-order valence-electron chi connectivity index (χ1n) is 7.54. The van der Waals surface area contributed by atoms with Crippen LogP contribution in [0.5, 0.6) is 5.75 Å². The Morgan fingerprint density at radius 3 is 2.88 bits per heavy atom. The number of carbonyl (C=O) groups is 1. The summed E-state index contributed by atoms with van der Waals surface area (Å²) >= 11 is 9.70. The zero-order valence-corrected chi connectivity index (χ0v) is 16.2. The lowest BCUT2D eigenvalue weighted by Gasteiger charge is -2.15. The lowest BCUT2D eigenvalue weighted by molar-refractivity contribution is -0.116. The fourth-order valence-corrected chi connectivity index (χ4v) is 3.35. The average Bonchev–Trinajstić information content (AvgIpc) is 2.87. The Labute approximate surface area is 159 Å². The highest BCUT2D eigenvalue weighted by Gasteiger charge is 2.33. The van der Waals surface area contributed by atoms with Gasteiger partial charge in [0.1, 0.15) is 5.75 Å². The number of alkyl halides is 1. The maximum Gasteiger partial charge on any atom is 0.289 e. The van der Waals surface area contributed by atoms with Crippen LogP contribution in [0.2, 0.25) is 0 Å². The second-order valence-electron chi connectivity index (χ2n) is 5.48. The number of hydrogen-bond acceptors (Lipinski definition) is 4. The number of aryl methyl sites for hydroxylation is 1. The standard InChI is InChI=1S/C16H20BrClN4O3/c1-8-5-9(6-10(17)13(8)24-2)7-12-14(23)22-15(25-12)11(18)3-4-21-16(19)20/h5-7,11,15H,3-4H2,1-2H3,(H,22,23)(H4,19,20,21)/b12-7-. The number of nitrogens with two attached hydrogens (primary N) is 2. The third-order valence-electron chi connectivity index (χ3n) is 3.53. The van der Waals surface area contributed by atoms with Gasteiger partial charge in [-0.3, -0.25) is 9.79 Å². The van der Waals surface area contributed by atoms with E-state index >= 15 is 0 Å². The van der Waals surface area contributed by atoms with Gasteiger partial charge in [0.05, 0.1) is 17.0 Å². The molecule has 1 amide bonds. The van der Waals surface area contributed by atoms with E-state index in [4.69, 9.17) is 32.5 Å². The van der Waals surface area contributed by atoms with Crippen LogP contribution in [0.1, 0.15) is 17.5 Å². The molecule has 25 heavy (non-hydrogen) atoms. The fourth-order valence-electron chi connectivity index (χ4n) is 2.40. The van der Waals surface area contributed by atoms with Crippen molar-refractivity contribution in [1.82, 2.24) is 5.32 Å². The summed E-state index contributed by atoms with van der Waals surface area (Å²) in [5.74, 6) is 0.634. The molecule has 1 aromatic rings. The van der Waals surface area contributed by atoms with Crippen molar-refractivity contribution in [2.75, 3.05) is 13.7 Å². The number of amides is 1. The molecule has 0 saturated carbocycles. The lowest BCUT2D eigenvalue weighted by Crippen LogP contribution is -2.35. The van der Waals surface area contributed by atoms with Crippen LogP contribution in [0.3, 0.4) is 0 Å². The number of ether oxygens (including phenoxy) is 2. The first kappa shape index (κ1) is 19.4. The van der Waals surface area contributed by atoms with Crippen LogP contribution >= 0.6 is 27.5 Å². The molecule has 0 bridgehead atoms. The van der Waals surface area contributed by atoms with Gasteiger partial charge in [0.2, 0.25) is 0 Å². The number of rotatable bonds is 6. The van der Waals surface area contributed by atoms with E-state index in [1.54, 1.807) is 13.2 Å². The fraction of sp³-hybridized carbons (Fsp3) is 0.375. The molecule has 0 aromatic heterocycles. The van der Waals surface area contributed by atoms with E-state index in [0.717, 1.165) is 21.3 Å². The molecule has 9 heteroatoms. The Morgan fingerprint density at radius 2 is 2.28 bits per heavy atom. The average molecular weight is 432 g/mol. The second-order valence-corrected chi connectivity index (χ2v) is 6.90. The summed E-state index contributed by atoms with van der Waals surface area (Å²) in [7, 11) is 1.60. The van der Waals surface area contributed by atoms with Crippen molar-refractivity contribution in [3.63, 3.8) is 0 Å². The number of hydrogen-bond donors (Lipinski definition) is 3. The Bertz CT molecular complexity index is 696. The van der Waals surface area contributed by atoms with Crippen molar-refractivity contribution in [3.05, 3.63) is 33.5 Å². The summed E-state index contributed by atoms with van der Waals surface area (Å²) in [6.07, 6.45) is 1.49. The van der Waals surface area contributed by atoms with Crippen molar-refractivity contribution in [2.45, 2.75) is 24.9 Å². The third-order valence-corrected chi connectivity index (χ3v) is 4.57. The summed E-state index contributed by atoms with van der Waals surface area (Å²) < 4.78 is 11.7. The molecule has 1 aromatic carbocycles. The Kier molecular flexibility index (Phi) is 6.55. The minimum absolute atomic E-state index is 0.00119. The molecular weight excluding hydrogens is 412 g/mol. The monoisotopic (exact) mass is 430 g/mol. The van der Waals surface area contributed by atoms with E-state index in [1.807, 2.05) is 19.1 Å². The third kappa shape index (κ3) is 5.02. The predicted molar refractivity (Wildman–Crippen MR) is 101 cm³/mol. The molecule has 2 rings (SSSR count). The molecule has 1 heterocycles. The molecule has 1 aliphatic heterocycles. The smallest absolute Gasteiger partial charge is 0.289 e. The van der Waals surface area contributed by atoms with Gasteiger partial charge in [0, 0.05) is 6.54 Å². The Morgan fingerprint density at radius 1 is 1.56 bits per heavy atom. The van der Waals surface area contributed by atoms with E-state index < -0.39 is 11.6 Å². The molecule has 0 spiro atoms. The molecule has 1 saturated heterocycles. The summed E-state index contributed by atoms with van der Waals surface area (Å²) in [5, 5.41) is 2.25. The maximum absolute atomic E-state index is 12.1. The molecule has 0 aliphatic carbocycles. The summed E-state index contributed by atoms with van der Waals surface area (Å²) in [6.45, 7) is 2.28. The van der Waals surface area contributed by atoms with Crippen LogP contribution in [-0.2, 0) is 9.53 Å². The summed E-state index contributed by atoms with van der Waals surface area (Å²) in [6, 6.07) is 3.75. The molecule has 7 nitrogen and oxygen atoms in total. The maximum atomic E-state index is 12.1. The topological polar surface area (TPSA) is 112 Å². The number of nitrogens with zero attached hydrogens (tertiary/aromatic N) is 1. The van der Waals surface area contributed by atoms with E-state index in [-0.39, 0.29) is 17.6 Å². The van der Waals surface area contributed by atoms with Crippen LogP contribution in [0.25, 0.3) is 6.08 Å². The van der Waals surface area contributed by atoms with Gasteiger partial charge < -0.3 is 26.3 Å². The van der Waals surface area contributed by atoms with E-state index in [2.05, 4.69) is 26.2 Å². The van der Waals surface area contributed by atoms with Crippen LogP contribution < -0.4 is 21.5 Å². The number of benzene rings is 1. The SMILES string of the molecule is COc1c(C)cc(/C=C2\OC(C(Cl)CCN=C(N)N)NC2=O)cc1Br. The van der Waals surface area contributed by atoms with E-state index in [9.17, 15) is 4.79 Å². The molecule has 1 fully saturated rings. The van der Waals surface area contributed by atoms with Gasteiger partial charge in [-0.2, -0.15) is 0 Å². The summed E-state index contributed by atoms with van der Waals surface area (Å²) in [5.41, 5.74) is 12.3. The zero-order chi connectivity index (χ0) is 18.6. The van der Waals surface area contributed by atoms with Gasteiger partial charge in [0.25, 0.3) is 5.91 Å². The van der Waals surface area contributed by atoms with Crippen molar-refractivity contribution >= 4 is 45.5 Å². The predicted octanol–water partition coefficient (Wildman–Crippen LogP) is 1.85. The van der Waals surface area contributed by atoms with Crippen molar-refractivity contribution in [1.29, 1.82) is 0 Å². The highest BCUT2D eigenvalue weighted by Crippen LogP contribution is 2.31. The second kappa shape index (κ2) is 8.44. The van der Waals surface area contributed by atoms with Gasteiger partial charge in [-0.05, 0) is 58.6 Å². The zero-order valence-electron chi connectivity index (χ0n) is 13.9. The normalized spacial score (nSPS) is 19.3. The first-order valence-corrected chi connectivity index (χ1v) is 8.77. The molecule has 5 N–H and O–H groups in total.